The van der Waals surface area contributed by atoms with Crippen molar-refractivity contribution in [3.05, 3.63) is 24.3 Å². The van der Waals surface area contributed by atoms with Crippen LogP contribution in [-0.2, 0) is 4.74 Å². The quantitative estimate of drug-likeness (QED) is 0.355. The van der Waals surface area contributed by atoms with Gasteiger partial charge in [0.05, 0.1) is 5.69 Å². The van der Waals surface area contributed by atoms with Gasteiger partial charge in [-0.1, -0.05) is 12.1 Å². The number of anilines is 1. The highest BCUT2D eigenvalue weighted by atomic mass is 127. The van der Waals surface area contributed by atoms with Crippen molar-refractivity contribution in [1.82, 2.24) is 15.1 Å². The number of nitrogens with one attached hydrogen (secondary N) is 1. The molecule has 8 heteroatoms. The van der Waals surface area contributed by atoms with E-state index in [9.17, 15) is 5.11 Å². The highest BCUT2D eigenvalue weighted by molar-refractivity contribution is 14.0. The molecule has 3 heterocycles. The zero-order valence-electron chi connectivity index (χ0n) is 18.1. The van der Waals surface area contributed by atoms with E-state index in [1.54, 1.807) is 6.07 Å². The molecular formula is C22H36IN5O2. The Morgan fingerprint density at radius 2 is 1.73 bits per heavy atom. The molecule has 4 rings (SSSR count). The molecule has 0 amide bonds. The van der Waals surface area contributed by atoms with Gasteiger partial charge in [-0.15, -0.1) is 24.0 Å². The first-order valence-electron chi connectivity index (χ1n) is 11.0. The molecule has 0 saturated carbocycles. The average molecular weight is 529 g/mol. The minimum atomic E-state index is 0. The predicted octanol–water partition coefficient (Wildman–Crippen LogP) is 2.35. The number of likely N-dealkylation sites (tertiary alicyclic amines) is 1. The highest BCUT2D eigenvalue weighted by Crippen LogP contribution is 2.31. The molecule has 3 aliphatic rings. The van der Waals surface area contributed by atoms with Crippen molar-refractivity contribution in [2.45, 2.75) is 31.2 Å². The summed E-state index contributed by atoms with van der Waals surface area (Å²) in [5, 5.41) is 13.8. The van der Waals surface area contributed by atoms with Crippen LogP contribution in [-0.4, -0.2) is 92.5 Å². The fraction of sp³-hybridized carbons (Fsp3) is 0.682. The molecule has 3 fully saturated rings. The van der Waals surface area contributed by atoms with Crippen LogP contribution in [0.25, 0.3) is 0 Å². The van der Waals surface area contributed by atoms with Crippen LogP contribution in [0.15, 0.2) is 29.3 Å². The van der Waals surface area contributed by atoms with E-state index < -0.39 is 0 Å². The SMILES string of the molecule is CN=C(NCC1(N2CCCC2)CCOCC1)N1CCN(c2ccccc2O)CC1.I. The number of hydrogen-bond acceptors (Lipinski definition) is 5. The summed E-state index contributed by atoms with van der Waals surface area (Å²) in [4.78, 5) is 11.9. The molecule has 168 valence electrons. The Kier molecular flexibility index (Phi) is 8.47. The van der Waals surface area contributed by atoms with Crippen LogP contribution in [0.1, 0.15) is 25.7 Å². The molecule has 0 radical (unpaired) electrons. The number of guanidine groups is 1. The van der Waals surface area contributed by atoms with Gasteiger partial charge in [-0.2, -0.15) is 0 Å². The Morgan fingerprint density at radius 3 is 2.37 bits per heavy atom. The molecular weight excluding hydrogens is 493 g/mol. The Labute approximate surface area is 197 Å². The number of piperazine rings is 1. The van der Waals surface area contributed by atoms with E-state index in [0.29, 0.717) is 5.75 Å². The van der Waals surface area contributed by atoms with Gasteiger partial charge in [-0.05, 0) is 50.9 Å². The van der Waals surface area contributed by atoms with Gasteiger partial charge in [0.25, 0.3) is 0 Å². The topological polar surface area (TPSA) is 63.6 Å². The van der Waals surface area contributed by atoms with E-state index >= 15 is 0 Å². The maximum Gasteiger partial charge on any atom is 0.193 e. The molecule has 0 aromatic heterocycles. The Bertz CT molecular complexity index is 697. The van der Waals surface area contributed by atoms with Crippen LogP contribution in [0, 0.1) is 0 Å². The van der Waals surface area contributed by atoms with Gasteiger partial charge in [0.1, 0.15) is 5.75 Å². The molecule has 0 spiro atoms. The van der Waals surface area contributed by atoms with Crippen molar-refractivity contribution in [3.8, 4) is 5.75 Å². The van der Waals surface area contributed by atoms with Crippen LogP contribution in [0.4, 0.5) is 5.69 Å². The maximum absolute atomic E-state index is 10.1. The number of aromatic hydroxyl groups is 1. The monoisotopic (exact) mass is 529 g/mol. The standard InChI is InChI=1S/C22H35N5O2.HI/c1-23-21(24-18-22(8-16-29-17-9-22)27-10-4-5-11-27)26-14-12-25(13-15-26)19-6-2-3-7-20(19)28;/h2-3,6-7,28H,4-5,8-18H2,1H3,(H,23,24);1H. The second-order valence-corrected chi connectivity index (χ2v) is 8.39. The lowest BCUT2D eigenvalue weighted by atomic mass is 9.88. The van der Waals surface area contributed by atoms with Crippen molar-refractivity contribution < 1.29 is 9.84 Å². The van der Waals surface area contributed by atoms with Crippen LogP contribution in [0.3, 0.4) is 0 Å². The molecule has 7 nitrogen and oxygen atoms in total. The molecule has 0 aliphatic carbocycles. The van der Waals surface area contributed by atoms with Gasteiger partial charge < -0.3 is 25.0 Å². The molecule has 0 unspecified atom stereocenters. The Balaban J connectivity index is 0.00000256. The second-order valence-electron chi connectivity index (χ2n) is 8.39. The average Bonchev–Trinajstić information content (AvgIpc) is 3.32. The Morgan fingerprint density at radius 1 is 1.07 bits per heavy atom. The summed E-state index contributed by atoms with van der Waals surface area (Å²) in [6.07, 6.45) is 4.81. The van der Waals surface area contributed by atoms with E-state index in [4.69, 9.17) is 4.74 Å². The van der Waals surface area contributed by atoms with Gasteiger partial charge in [0, 0.05) is 58.5 Å². The summed E-state index contributed by atoms with van der Waals surface area (Å²) < 4.78 is 5.68. The number of aliphatic imine (C=N–C) groups is 1. The van der Waals surface area contributed by atoms with Crippen molar-refractivity contribution in [2.24, 2.45) is 4.99 Å². The van der Waals surface area contributed by atoms with Crippen LogP contribution < -0.4 is 10.2 Å². The maximum atomic E-state index is 10.1. The van der Waals surface area contributed by atoms with Crippen LogP contribution in [0.2, 0.25) is 0 Å². The van der Waals surface area contributed by atoms with Crippen molar-refractivity contribution >= 4 is 35.6 Å². The molecule has 0 atom stereocenters. The summed E-state index contributed by atoms with van der Waals surface area (Å²) in [7, 11) is 1.88. The predicted molar refractivity (Wildman–Crippen MR) is 132 cm³/mol. The molecule has 1 aromatic carbocycles. The van der Waals surface area contributed by atoms with E-state index in [-0.39, 0.29) is 29.5 Å². The van der Waals surface area contributed by atoms with Crippen LogP contribution in [0.5, 0.6) is 5.75 Å². The van der Waals surface area contributed by atoms with E-state index in [1.807, 2.05) is 25.2 Å². The third-order valence-electron chi connectivity index (χ3n) is 6.79. The summed E-state index contributed by atoms with van der Waals surface area (Å²) in [6, 6.07) is 7.60. The third kappa shape index (κ3) is 5.13. The number of benzene rings is 1. The van der Waals surface area contributed by atoms with E-state index in [1.165, 1.54) is 25.9 Å². The highest BCUT2D eigenvalue weighted by Gasteiger charge is 2.40. The lowest BCUT2D eigenvalue weighted by molar-refractivity contribution is -0.0166. The summed E-state index contributed by atoms with van der Waals surface area (Å²) in [5.74, 6) is 1.35. The minimum absolute atomic E-state index is 0. The number of rotatable bonds is 4. The lowest BCUT2D eigenvalue weighted by Crippen LogP contribution is -2.60. The number of phenols is 1. The molecule has 0 bridgehead atoms. The number of nitrogens with zero attached hydrogens (tertiary/aromatic N) is 4. The summed E-state index contributed by atoms with van der Waals surface area (Å²) in [5.41, 5.74) is 1.12. The van der Waals surface area contributed by atoms with Crippen molar-refractivity contribution in [1.29, 1.82) is 0 Å². The molecule has 3 aliphatic heterocycles. The summed E-state index contributed by atoms with van der Waals surface area (Å²) in [6.45, 7) is 8.61. The van der Waals surface area contributed by atoms with Gasteiger partial charge in [0.2, 0.25) is 0 Å². The number of para-hydroxylation sites is 2. The molecule has 30 heavy (non-hydrogen) atoms. The second kappa shape index (κ2) is 10.9. The Hall–Kier alpha value is -1.26. The zero-order chi connectivity index (χ0) is 20.1. The molecule has 3 saturated heterocycles. The first-order valence-corrected chi connectivity index (χ1v) is 11.0. The van der Waals surface area contributed by atoms with Crippen LogP contribution >= 0.6 is 24.0 Å². The van der Waals surface area contributed by atoms with E-state index in [0.717, 1.165) is 70.4 Å². The minimum Gasteiger partial charge on any atom is -0.506 e. The first kappa shape index (κ1) is 23.4. The van der Waals surface area contributed by atoms with E-state index in [2.05, 4.69) is 25.0 Å². The molecule has 1 aromatic rings. The number of phenolic OH excluding ortho intramolecular Hbond substituents is 1. The third-order valence-corrected chi connectivity index (χ3v) is 6.79. The van der Waals surface area contributed by atoms with Crippen molar-refractivity contribution in [3.63, 3.8) is 0 Å². The number of halogens is 1. The van der Waals surface area contributed by atoms with Gasteiger partial charge >= 0.3 is 0 Å². The normalized spacial score (nSPS) is 22.6. The zero-order valence-corrected chi connectivity index (χ0v) is 20.4. The van der Waals surface area contributed by atoms with Crippen molar-refractivity contribution in [2.75, 3.05) is 71.0 Å². The number of ether oxygens (including phenoxy) is 1. The first-order chi connectivity index (χ1) is 14.2. The van der Waals surface area contributed by atoms with Gasteiger partial charge in [-0.3, -0.25) is 9.89 Å². The fourth-order valence-corrected chi connectivity index (χ4v) is 5.01. The van der Waals surface area contributed by atoms with Gasteiger partial charge in [-0.25, -0.2) is 0 Å². The largest absolute Gasteiger partial charge is 0.506 e. The fourth-order valence-electron chi connectivity index (χ4n) is 5.01. The van der Waals surface area contributed by atoms with Gasteiger partial charge in [0.15, 0.2) is 5.96 Å². The number of hydrogen-bond donors (Lipinski definition) is 2. The summed E-state index contributed by atoms with van der Waals surface area (Å²) >= 11 is 0. The molecule has 2 N–H and O–H groups in total. The smallest absolute Gasteiger partial charge is 0.193 e. The lowest BCUT2D eigenvalue weighted by Gasteiger charge is -2.45.